The number of nitrogens with zero attached hydrogens (tertiary/aromatic N) is 3. The summed E-state index contributed by atoms with van der Waals surface area (Å²) in [7, 11) is 0. The summed E-state index contributed by atoms with van der Waals surface area (Å²) >= 11 is 0. The summed E-state index contributed by atoms with van der Waals surface area (Å²) in [5.74, 6) is -4.66. The molecule has 2 aromatic carbocycles. The highest BCUT2D eigenvalue weighted by molar-refractivity contribution is 6.03. The Morgan fingerprint density at radius 2 is 1.75 bits per heavy atom. The maximum atomic E-state index is 13.8. The van der Waals surface area contributed by atoms with Gasteiger partial charge in [0.15, 0.2) is 17.5 Å². The number of carbonyl (C=O) groups excluding carboxylic acids is 1. The maximum absolute atomic E-state index is 13.8. The lowest BCUT2D eigenvalue weighted by atomic mass is 10.2. The molecule has 140 valence electrons. The van der Waals surface area contributed by atoms with E-state index < -0.39 is 23.4 Å². The number of amides is 1. The van der Waals surface area contributed by atoms with E-state index in [1.165, 1.54) is 13.0 Å². The molecule has 28 heavy (non-hydrogen) atoms. The molecule has 6 nitrogen and oxygen atoms in total. The summed E-state index contributed by atoms with van der Waals surface area (Å²) in [5.41, 5.74) is 0.523. The highest BCUT2D eigenvalue weighted by atomic mass is 19.2. The molecule has 1 heterocycles. The first-order valence-corrected chi connectivity index (χ1v) is 7.95. The zero-order valence-corrected chi connectivity index (χ0v) is 14.4. The SMILES string of the molecule is Cc1nc(Nc2ccc(F)c(F)c2F)cc(C(=O)Nc2ccc(C#N)cc2)n1. The van der Waals surface area contributed by atoms with E-state index in [1.807, 2.05) is 6.07 Å². The molecule has 0 bridgehead atoms. The summed E-state index contributed by atoms with van der Waals surface area (Å²) in [4.78, 5) is 20.4. The third kappa shape index (κ3) is 4.07. The number of aromatic nitrogens is 2. The Labute approximate surface area is 157 Å². The third-order valence-electron chi connectivity index (χ3n) is 3.64. The maximum Gasteiger partial charge on any atom is 0.274 e. The Balaban J connectivity index is 1.83. The van der Waals surface area contributed by atoms with E-state index in [0.29, 0.717) is 11.3 Å². The quantitative estimate of drug-likeness (QED) is 0.663. The van der Waals surface area contributed by atoms with Gasteiger partial charge in [-0.25, -0.2) is 23.1 Å². The minimum Gasteiger partial charge on any atom is -0.338 e. The minimum absolute atomic E-state index is 0.0256. The predicted octanol–water partition coefficient (Wildman–Crippen LogP) is 4.07. The van der Waals surface area contributed by atoms with Gasteiger partial charge in [-0.05, 0) is 43.3 Å². The van der Waals surface area contributed by atoms with Crippen LogP contribution in [-0.2, 0) is 0 Å². The molecular weight excluding hydrogens is 371 g/mol. The van der Waals surface area contributed by atoms with Crippen molar-refractivity contribution in [2.75, 3.05) is 10.6 Å². The van der Waals surface area contributed by atoms with E-state index in [1.54, 1.807) is 24.3 Å². The van der Waals surface area contributed by atoms with Gasteiger partial charge in [-0.2, -0.15) is 5.26 Å². The van der Waals surface area contributed by atoms with E-state index in [9.17, 15) is 18.0 Å². The molecule has 0 saturated heterocycles. The summed E-state index contributed by atoms with van der Waals surface area (Å²) in [5, 5.41) is 13.9. The first kappa shape index (κ1) is 18.8. The van der Waals surface area contributed by atoms with Crippen molar-refractivity contribution >= 4 is 23.1 Å². The molecule has 1 aromatic heterocycles. The van der Waals surface area contributed by atoms with E-state index in [0.717, 1.165) is 12.1 Å². The first-order chi connectivity index (χ1) is 13.4. The van der Waals surface area contributed by atoms with Crippen molar-refractivity contribution < 1.29 is 18.0 Å². The van der Waals surface area contributed by atoms with Crippen molar-refractivity contribution in [2.24, 2.45) is 0 Å². The monoisotopic (exact) mass is 383 g/mol. The van der Waals surface area contributed by atoms with Crippen LogP contribution in [0.3, 0.4) is 0 Å². The molecule has 0 aliphatic carbocycles. The number of nitriles is 1. The van der Waals surface area contributed by atoms with Crippen LogP contribution in [-0.4, -0.2) is 15.9 Å². The van der Waals surface area contributed by atoms with Gasteiger partial charge in [0, 0.05) is 11.8 Å². The van der Waals surface area contributed by atoms with E-state index in [2.05, 4.69) is 20.6 Å². The van der Waals surface area contributed by atoms with Gasteiger partial charge in [0.2, 0.25) is 0 Å². The van der Waals surface area contributed by atoms with Crippen molar-refractivity contribution in [3.8, 4) is 6.07 Å². The summed E-state index contributed by atoms with van der Waals surface area (Å²) < 4.78 is 40.3. The van der Waals surface area contributed by atoms with Crippen LogP contribution in [0, 0.1) is 35.7 Å². The first-order valence-electron chi connectivity index (χ1n) is 7.95. The van der Waals surface area contributed by atoms with Crippen LogP contribution >= 0.6 is 0 Å². The lowest BCUT2D eigenvalue weighted by Gasteiger charge is -2.10. The lowest BCUT2D eigenvalue weighted by Crippen LogP contribution is -2.15. The molecule has 3 rings (SSSR count). The summed E-state index contributed by atoms with van der Waals surface area (Å²) in [6.07, 6.45) is 0. The molecule has 0 aliphatic rings. The Morgan fingerprint density at radius 3 is 2.43 bits per heavy atom. The molecule has 2 N–H and O–H groups in total. The number of anilines is 3. The minimum atomic E-state index is -1.62. The number of carbonyl (C=O) groups is 1. The Morgan fingerprint density at radius 1 is 1.04 bits per heavy atom. The van der Waals surface area contributed by atoms with Crippen LogP contribution in [0.1, 0.15) is 21.9 Å². The number of nitrogens with one attached hydrogen (secondary N) is 2. The average molecular weight is 383 g/mol. The second-order valence-electron chi connectivity index (χ2n) is 5.68. The van der Waals surface area contributed by atoms with Crippen LogP contribution < -0.4 is 10.6 Å². The molecule has 3 aromatic rings. The smallest absolute Gasteiger partial charge is 0.274 e. The average Bonchev–Trinajstić information content (AvgIpc) is 2.68. The van der Waals surface area contributed by atoms with Crippen LogP contribution in [0.5, 0.6) is 0 Å². The van der Waals surface area contributed by atoms with Gasteiger partial charge >= 0.3 is 0 Å². The summed E-state index contributed by atoms with van der Waals surface area (Å²) in [6.45, 7) is 1.52. The van der Waals surface area contributed by atoms with Gasteiger partial charge in [0.25, 0.3) is 5.91 Å². The van der Waals surface area contributed by atoms with Gasteiger partial charge in [0.1, 0.15) is 17.3 Å². The number of hydrogen-bond acceptors (Lipinski definition) is 5. The third-order valence-corrected chi connectivity index (χ3v) is 3.64. The standard InChI is InChI=1S/C19H12F3N5O/c1-10-24-15(19(28)26-12-4-2-11(9-23)3-5-12)8-16(25-10)27-14-7-6-13(20)17(21)18(14)22/h2-8H,1H3,(H,26,28)(H,24,25,27). The zero-order valence-electron chi connectivity index (χ0n) is 14.4. The molecule has 0 saturated carbocycles. The van der Waals surface area contributed by atoms with Crippen LogP contribution in [0.4, 0.5) is 30.4 Å². The van der Waals surface area contributed by atoms with Crippen molar-refractivity contribution in [3.05, 3.63) is 77.0 Å². The van der Waals surface area contributed by atoms with Gasteiger partial charge in [-0.1, -0.05) is 0 Å². The second kappa shape index (κ2) is 7.75. The molecule has 0 radical (unpaired) electrons. The number of hydrogen-bond donors (Lipinski definition) is 2. The van der Waals surface area contributed by atoms with Gasteiger partial charge in [-0.15, -0.1) is 0 Å². The largest absolute Gasteiger partial charge is 0.338 e. The fourth-order valence-electron chi connectivity index (χ4n) is 2.33. The number of aryl methyl sites for hydroxylation is 1. The fourth-order valence-corrected chi connectivity index (χ4v) is 2.33. The van der Waals surface area contributed by atoms with Gasteiger partial charge in [-0.3, -0.25) is 4.79 Å². The Kier molecular flexibility index (Phi) is 5.22. The molecule has 0 atom stereocenters. The topological polar surface area (TPSA) is 90.7 Å². The van der Waals surface area contributed by atoms with Crippen molar-refractivity contribution in [3.63, 3.8) is 0 Å². The Hall–Kier alpha value is -3.93. The van der Waals surface area contributed by atoms with E-state index in [4.69, 9.17) is 5.26 Å². The molecular formula is C19H12F3N5O. The fraction of sp³-hybridized carbons (Fsp3) is 0.0526. The van der Waals surface area contributed by atoms with Crippen LogP contribution in [0.2, 0.25) is 0 Å². The zero-order chi connectivity index (χ0) is 20.3. The van der Waals surface area contributed by atoms with Gasteiger partial charge in [0.05, 0.1) is 17.3 Å². The van der Waals surface area contributed by atoms with E-state index >= 15 is 0 Å². The van der Waals surface area contributed by atoms with E-state index in [-0.39, 0.29) is 23.0 Å². The van der Waals surface area contributed by atoms with Crippen LogP contribution in [0.25, 0.3) is 0 Å². The van der Waals surface area contributed by atoms with Crippen LogP contribution in [0.15, 0.2) is 42.5 Å². The molecule has 1 amide bonds. The number of benzene rings is 2. The number of halogens is 3. The van der Waals surface area contributed by atoms with Crippen molar-refractivity contribution in [1.29, 1.82) is 5.26 Å². The normalized spacial score (nSPS) is 10.2. The predicted molar refractivity (Wildman–Crippen MR) is 95.5 cm³/mol. The van der Waals surface area contributed by atoms with Crippen molar-refractivity contribution in [2.45, 2.75) is 6.92 Å². The number of rotatable bonds is 4. The van der Waals surface area contributed by atoms with Crippen molar-refractivity contribution in [1.82, 2.24) is 9.97 Å². The lowest BCUT2D eigenvalue weighted by molar-refractivity contribution is 0.102. The summed E-state index contributed by atoms with van der Waals surface area (Å²) in [6, 6.07) is 11.2. The molecule has 0 aliphatic heterocycles. The van der Waals surface area contributed by atoms with Gasteiger partial charge < -0.3 is 10.6 Å². The molecule has 9 heteroatoms. The second-order valence-corrected chi connectivity index (χ2v) is 5.68. The highest BCUT2D eigenvalue weighted by Crippen LogP contribution is 2.23. The molecule has 0 fully saturated rings. The Bertz CT molecular complexity index is 1090. The molecule has 0 spiro atoms. The highest BCUT2D eigenvalue weighted by Gasteiger charge is 2.16. The molecule has 0 unspecified atom stereocenters.